The van der Waals surface area contributed by atoms with Gasteiger partial charge in [-0.2, -0.15) is 13.2 Å². The number of aromatic nitrogens is 4. The van der Waals surface area contributed by atoms with Crippen LogP contribution in [0.15, 0.2) is 23.1 Å². The number of pyridine rings is 2. The van der Waals surface area contributed by atoms with Crippen LogP contribution in [0.5, 0.6) is 0 Å². The molecular formula is C26H28F4N6O3. The van der Waals surface area contributed by atoms with E-state index >= 15 is 4.39 Å². The lowest BCUT2D eigenvalue weighted by atomic mass is 10.0. The van der Waals surface area contributed by atoms with E-state index in [4.69, 9.17) is 4.74 Å². The molecule has 1 N–H and O–H groups in total. The Hall–Kier alpha value is -3.61. The fourth-order valence-electron chi connectivity index (χ4n) is 5.04. The first-order valence-corrected chi connectivity index (χ1v) is 12.7. The Morgan fingerprint density at radius 2 is 1.82 bits per heavy atom. The lowest BCUT2D eigenvalue weighted by molar-refractivity contribution is -0.141. The van der Waals surface area contributed by atoms with Gasteiger partial charge in [0, 0.05) is 30.9 Å². The molecule has 0 spiro atoms. The summed E-state index contributed by atoms with van der Waals surface area (Å²) in [6.07, 6.45) is -2.45. The van der Waals surface area contributed by atoms with E-state index in [0.29, 0.717) is 18.9 Å². The summed E-state index contributed by atoms with van der Waals surface area (Å²) in [4.78, 5) is 39.4. The predicted molar refractivity (Wildman–Crippen MR) is 134 cm³/mol. The van der Waals surface area contributed by atoms with E-state index < -0.39 is 35.2 Å². The number of morpholine rings is 1. The molecule has 0 bridgehead atoms. The number of hydrogen-bond acceptors (Lipinski definition) is 7. The number of hydrogen-bond donors (Lipinski definition) is 1. The van der Waals surface area contributed by atoms with Gasteiger partial charge in [-0.25, -0.2) is 19.3 Å². The van der Waals surface area contributed by atoms with Gasteiger partial charge < -0.3 is 15.0 Å². The standard InChI is InChI=1S/C26H28F4N6O3/c1-12-10-35(11-13(2)39-12)24(37)16-7-20(27)23(31-9-16)32-14(3)18-8-19-22(34-21(18)26(28,29)30)33-15(4)36(25(19)38)17-5-6-17/h7-9,12-14,17H,5-6,10-11H2,1-4H3,(H,31,32)/t12-,13+,14?. The highest BCUT2D eigenvalue weighted by molar-refractivity contribution is 5.94. The molecule has 3 aromatic rings. The third-order valence-electron chi connectivity index (χ3n) is 6.89. The van der Waals surface area contributed by atoms with E-state index in [9.17, 15) is 22.8 Å². The molecule has 2 fully saturated rings. The first kappa shape index (κ1) is 27.0. The smallest absolute Gasteiger partial charge is 0.372 e. The van der Waals surface area contributed by atoms with Crippen molar-refractivity contribution < 1.29 is 27.1 Å². The first-order valence-electron chi connectivity index (χ1n) is 12.7. The number of fused-ring (bicyclic) bond motifs is 1. The Kier molecular flexibility index (Phi) is 6.81. The highest BCUT2D eigenvalue weighted by atomic mass is 19.4. The molecule has 1 amide bonds. The number of amides is 1. The summed E-state index contributed by atoms with van der Waals surface area (Å²) in [5.41, 5.74) is -2.33. The molecule has 1 saturated carbocycles. The molecule has 5 rings (SSSR count). The average Bonchev–Trinajstić information content (AvgIpc) is 3.68. The van der Waals surface area contributed by atoms with Crippen LogP contribution in [-0.4, -0.2) is 55.6 Å². The van der Waals surface area contributed by atoms with Crippen molar-refractivity contribution in [3.63, 3.8) is 0 Å². The number of anilines is 1. The average molecular weight is 549 g/mol. The van der Waals surface area contributed by atoms with Crippen LogP contribution < -0.4 is 10.9 Å². The molecule has 13 heteroatoms. The number of rotatable bonds is 5. The molecule has 1 aliphatic heterocycles. The van der Waals surface area contributed by atoms with Crippen molar-refractivity contribution in [3.8, 4) is 0 Å². The van der Waals surface area contributed by atoms with Gasteiger partial charge >= 0.3 is 6.18 Å². The molecule has 0 radical (unpaired) electrons. The molecular weight excluding hydrogens is 520 g/mol. The van der Waals surface area contributed by atoms with Gasteiger partial charge in [-0.15, -0.1) is 0 Å². The Morgan fingerprint density at radius 3 is 2.41 bits per heavy atom. The van der Waals surface area contributed by atoms with Crippen LogP contribution in [0.4, 0.5) is 23.4 Å². The second-order valence-corrected chi connectivity index (χ2v) is 10.2. The summed E-state index contributed by atoms with van der Waals surface area (Å²) >= 11 is 0. The van der Waals surface area contributed by atoms with Gasteiger partial charge in [-0.3, -0.25) is 14.2 Å². The predicted octanol–water partition coefficient (Wildman–Crippen LogP) is 4.41. The van der Waals surface area contributed by atoms with Crippen LogP contribution in [0, 0.1) is 12.7 Å². The normalized spacial score (nSPS) is 20.8. The zero-order valence-electron chi connectivity index (χ0n) is 21.8. The number of nitrogens with zero attached hydrogens (tertiary/aromatic N) is 5. The van der Waals surface area contributed by atoms with Crippen LogP contribution in [0.1, 0.15) is 73.1 Å². The van der Waals surface area contributed by atoms with Crippen molar-refractivity contribution in [2.45, 2.75) is 71.0 Å². The maximum atomic E-state index is 15.0. The monoisotopic (exact) mass is 548 g/mol. The van der Waals surface area contributed by atoms with Gasteiger partial charge in [-0.1, -0.05) is 0 Å². The number of ether oxygens (including phenoxy) is 1. The molecule has 2 aliphatic rings. The molecule has 3 aromatic heterocycles. The van der Waals surface area contributed by atoms with Crippen LogP contribution in [0.25, 0.3) is 11.0 Å². The highest BCUT2D eigenvalue weighted by Crippen LogP contribution is 2.37. The number of halogens is 4. The van der Waals surface area contributed by atoms with Crippen LogP contribution in [0.3, 0.4) is 0 Å². The van der Waals surface area contributed by atoms with Crippen molar-refractivity contribution in [1.82, 2.24) is 24.4 Å². The Morgan fingerprint density at radius 1 is 1.15 bits per heavy atom. The van der Waals surface area contributed by atoms with E-state index in [0.717, 1.165) is 25.0 Å². The molecule has 3 atom stereocenters. The van der Waals surface area contributed by atoms with E-state index in [1.807, 2.05) is 13.8 Å². The molecule has 1 saturated heterocycles. The van der Waals surface area contributed by atoms with E-state index in [1.165, 1.54) is 17.7 Å². The highest BCUT2D eigenvalue weighted by Gasteiger charge is 2.38. The maximum Gasteiger partial charge on any atom is 0.433 e. The van der Waals surface area contributed by atoms with Crippen LogP contribution in [-0.2, 0) is 10.9 Å². The van der Waals surface area contributed by atoms with Crippen molar-refractivity contribution in [3.05, 3.63) is 57.1 Å². The van der Waals surface area contributed by atoms with Gasteiger partial charge in [-0.05, 0) is 52.7 Å². The molecule has 39 heavy (non-hydrogen) atoms. The second-order valence-electron chi connectivity index (χ2n) is 10.2. The summed E-state index contributed by atoms with van der Waals surface area (Å²) in [5.74, 6) is -1.36. The third-order valence-corrected chi connectivity index (χ3v) is 6.89. The number of carbonyl (C=O) groups excluding carboxylic acids is 1. The van der Waals surface area contributed by atoms with Gasteiger partial charge in [0.25, 0.3) is 11.5 Å². The van der Waals surface area contributed by atoms with E-state index in [1.54, 1.807) is 11.8 Å². The van der Waals surface area contributed by atoms with Gasteiger partial charge in [0.2, 0.25) is 0 Å². The molecule has 4 heterocycles. The SMILES string of the molecule is Cc1nc2nc(C(F)(F)F)c(C(C)Nc3ncc(C(=O)N4C[C@@H](C)O[C@@H](C)C4)cc3F)cc2c(=O)n1C1CC1. The number of aryl methyl sites for hydroxylation is 1. The molecule has 1 unspecified atom stereocenters. The summed E-state index contributed by atoms with van der Waals surface area (Å²) in [6, 6.07) is 0.948. The van der Waals surface area contributed by atoms with Gasteiger partial charge in [0.1, 0.15) is 5.82 Å². The molecule has 0 aromatic carbocycles. The summed E-state index contributed by atoms with van der Waals surface area (Å²) in [5, 5.41) is 2.60. The topological polar surface area (TPSA) is 102 Å². The quantitative estimate of drug-likeness (QED) is 0.472. The minimum absolute atomic E-state index is 0.0115. The van der Waals surface area contributed by atoms with Gasteiger partial charge in [0.15, 0.2) is 23.0 Å². The Bertz CT molecular complexity index is 1490. The zero-order chi connectivity index (χ0) is 28.2. The Labute approximate surface area is 221 Å². The summed E-state index contributed by atoms with van der Waals surface area (Å²) in [7, 11) is 0. The molecule has 208 valence electrons. The van der Waals surface area contributed by atoms with Crippen molar-refractivity contribution in [2.75, 3.05) is 18.4 Å². The van der Waals surface area contributed by atoms with Crippen LogP contribution in [0.2, 0.25) is 0 Å². The second kappa shape index (κ2) is 9.85. The zero-order valence-corrected chi connectivity index (χ0v) is 21.8. The lowest BCUT2D eigenvalue weighted by Crippen LogP contribution is -2.48. The number of nitrogens with one attached hydrogen (secondary N) is 1. The van der Waals surface area contributed by atoms with E-state index in [-0.39, 0.29) is 46.2 Å². The fraction of sp³-hybridized carbons (Fsp3) is 0.500. The van der Waals surface area contributed by atoms with Crippen molar-refractivity contribution in [1.29, 1.82) is 0 Å². The van der Waals surface area contributed by atoms with E-state index in [2.05, 4.69) is 20.3 Å². The molecule has 1 aliphatic carbocycles. The van der Waals surface area contributed by atoms with Gasteiger partial charge in [0.05, 0.1) is 29.2 Å². The lowest BCUT2D eigenvalue weighted by Gasteiger charge is -2.35. The molecule has 9 nitrogen and oxygen atoms in total. The van der Waals surface area contributed by atoms with Crippen molar-refractivity contribution >= 4 is 22.8 Å². The number of alkyl halides is 3. The summed E-state index contributed by atoms with van der Waals surface area (Å²) < 4.78 is 64.1. The third kappa shape index (κ3) is 5.32. The summed E-state index contributed by atoms with van der Waals surface area (Å²) in [6.45, 7) is 7.30. The number of carbonyl (C=O) groups is 1. The van der Waals surface area contributed by atoms with Crippen LogP contribution >= 0.6 is 0 Å². The van der Waals surface area contributed by atoms with Crippen molar-refractivity contribution in [2.24, 2.45) is 0 Å². The first-order chi connectivity index (χ1) is 18.3. The maximum absolute atomic E-state index is 15.0. The largest absolute Gasteiger partial charge is 0.433 e. The Balaban J connectivity index is 1.46. The minimum atomic E-state index is -4.85. The fourth-order valence-corrected chi connectivity index (χ4v) is 5.04. The minimum Gasteiger partial charge on any atom is -0.372 e.